The Morgan fingerprint density at radius 1 is 1.42 bits per heavy atom. The number of aromatic nitrogens is 3. The molecular formula is C9H7ClN4O4S. The lowest BCUT2D eigenvalue weighted by Gasteiger charge is -2.07. The molecule has 0 spiro atoms. The van der Waals surface area contributed by atoms with Crippen LogP contribution in [0.25, 0.3) is 0 Å². The van der Waals surface area contributed by atoms with Crippen LogP contribution in [0.3, 0.4) is 0 Å². The first-order valence-electron chi connectivity index (χ1n) is 4.81. The topological polar surface area (TPSA) is 125 Å². The molecule has 0 saturated heterocycles. The second kappa shape index (κ2) is 4.86. The number of sulfonamides is 1. The molecule has 0 atom stereocenters. The number of pyridine rings is 1. The van der Waals surface area contributed by atoms with Crippen molar-refractivity contribution in [2.45, 2.75) is 5.03 Å². The van der Waals surface area contributed by atoms with Gasteiger partial charge in [-0.05, 0) is 6.07 Å². The van der Waals surface area contributed by atoms with Gasteiger partial charge in [0.1, 0.15) is 5.56 Å². The third kappa shape index (κ3) is 2.66. The second-order valence-corrected chi connectivity index (χ2v) is 5.41. The van der Waals surface area contributed by atoms with E-state index < -0.39 is 26.6 Å². The molecule has 2 rings (SSSR count). The number of aromatic carboxylic acids is 1. The molecule has 0 radical (unpaired) electrons. The number of anilines is 1. The predicted octanol–water partition coefficient (Wildman–Crippen LogP) is 0.957. The van der Waals surface area contributed by atoms with E-state index in [1.165, 1.54) is 18.5 Å². The van der Waals surface area contributed by atoms with Gasteiger partial charge >= 0.3 is 5.97 Å². The fourth-order valence-electron chi connectivity index (χ4n) is 1.28. The van der Waals surface area contributed by atoms with Crippen molar-refractivity contribution in [1.82, 2.24) is 15.2 Å². The van der Waals surface area contributed by atoms with Crippen molar-refractivity contribution in [1.29, 1.82) is 0 Å². The summed E-state index contributed by atoms with van der Waals surface area (Å²) in [4.78, 5) is 14.6. The molecule has 0 aliphatic heterocycles. The van der Waals surface area contributed by atoms with Crippen LogP contribution >= 0.6 is 11.6 Å². The Hall–Kier alpha value is -2.13. The zero-order valence-electron chi connectivity index (χ0n) is 9.16. The molecule has 10 heteroatoms. The Balaban J connectivity index is 2.41. The summed E-state index contributed by atoms with van der Waals surface area (Å²) >= 11 is 5.78. The average molecular weight is 303 g/mol. The zero-order valence-corrected chi connectivity index (χ0v) is 10.7. The number of hydrogen-bond acceptors (Lipinski definition) is 5. The van der Waals surface area contributed by atoms with E-state index in [0.29, 0.717) is 0 Å². The summed E-state index contributed by atoms with van der Waals surface area (Å²) in [6.45, 7) is 0. The molecule has 0 fully saturated rings. The van der Waals surface area contributed by atoms with E-state index in [1.54, 1.807) is 0 Å². The van der Waals surface area contributed by atoms with Gasteiger partial charge in [-0.25, -0.2) is 4.79 Å². The number of carboxylic acid groups (broad SMARTS) is 1. The van der Waals surface area contributed by atoms with Crippen LogP contribution in [0, 0.1) is 0 Å². The molecule has 19 heavy (non-hydrogen) atoms. The van der Waals surface area contributed by atoms with Crippen molar-refractivity contribution in [3.05, 3.63) is 35.2 Å². The predicted molar refractivity (Wildman–Crippen MR) is 65.6 cm³/mol. The van der Waals surface area contributed by atoms with Gasteiger partial charge < -0.3 is 5.11 Å². The van der Waals surface area contributed by atoms with Crippen molar-refractivity contribution < 1.29 is 18.3 Å². The average Bonchev–Trinajstić information content (AvgIpc) is 2.82. The number of carbonyl (C=O) groups is 1. The van der Waals surface area contributed by atoms with Gasteiger partial charge in [0, 0.05) is 6.20 Å². The van der Waals surface area contributed by atoms with E-state index in [4.69, 9.17) is 16.7 Å². The molecule has 0 bridgehead atoms. The first kappa shape index (κ1) is 13.3. The van der Waals surface area contributed by atoms with Gasteiger partial charge in [-0.2, -0.15) is 13.5 Å². The lowest BCUT2D eigenvalue weighted by Crippen LogP contribution is -2.17. The fraction of sp³-hybridized carbons (Fsp3) is 0. The van der Waals surface area contributed by atoms with Crippen LogP contribution in [0.1, 0.15) is 10.4 Å². The van der Waals surface area contributed by atoms with Crippen LogP contribution in [0.5, 0.6) is 0 Å². The zero-order chi connectivity index (χ0) is 14.0. The molecule has 2 heterocycles. The van der Waals surface area contributed by atoms with E-state index in [1.807, 2.05) is 0 Å². The van der Waals surface area contributed by atoms with Gasteiger partial charge in [0.05, 0.1) is 23.1 Å². The van der Waals surface area contributed by atoms with Crippen molar-refractivity contribution in [3.63, 3.8) is 0 Å². The third-order valence-electron chi connectivity index (χ3n) is 2.12. The number of H-pyrrole nitrogens is 1. The molecule has 2 aromatic rings. The van der Waals surface area contributed by atoms with Crippen LogP contribution < -0.4 is 4.72 Å². The number of nitrogens with one attached hydrogen (secondary N) is 2. The molecule has 0 aliphatic rings. The van der Waals surface area contributed by atoms with Gasteiger partial charge in [0.25, 0.3) is 10.0 Å². The maximum atomic E-state index is 12.0. The summed E-state index contributed by atoms with van der Waals surface area (Å²) in [6, 6.07) is 1.39. The quantitative estimate of drug-likeness (QED) is 0.772. The minimum Gasteiger partial charge on any atom is -0.478 e. The first-order valence-corrected chi connectivity index (χ1v) is 6.67. The number of rotatable bonds is 4. The van der Waals surface area contributed by atoms with Gasteiger partial charge in [0.15, 0.2) is 5.03 Å². The highest BCUT2D eigenvalue weighted by Gasteiger charge is 2.25. The number of nitrogens with zero attached hydrogens (tertiary/aromatic N) is 2. The molecule has 0 aliphatic carbocycles. The summed E-state index contributed by atoms with van der Waals surface area (Å²) < 4.78 is 26.1. The van der Waals surface area contributed by atoms with E-state index in [-0.39, 0.29) is 10.7 Å². The summed E-state index contributed by atoms with van der Waals surface area (Å²) in [5.41, 5.74) is -0.428. The van der Waals surface area contributed by atoms with Crippen LogP contribution in [0.2, 0.25) is 5.02 Å². The highest BCUT2D eigenvalue weighted by atomic mass is 35.5. The Morgan fingerprint density at radius 3 is 2.79 bits per heavy atom. The van der Waals surface area contributed by atoms with Gasteiger partial charge in [0.2, 0.25) is 0 Å². The molecule has 8 nitrogen and oxygen atoms in total. The van der Waals surface area contributed by atoms with Crippen molar-refractivity contribution in [2.75, 3.05) is 4.72 Å². The van der Waals surface area contributed by atoms with Crippen LogP contribution in [-0.4, -0.2) is 34.7 Å². The minimum atomic E-state index is -4.14. The second-order valence-electron chi connectivity index (χ2n) is 3.38. The molecule has 0 unspecified atom stereocenters. The summed E-state index contributed by atoms with van der Waals surface area (Å²) in [7, 11) is -4.14. The van der Waals surface area contributed by atoms with Crippen molar-refractivity contribution in [2.24, 2.45) is 0 Å². The first-order chi connectivity index (χ1) is 8.92. The summed E-state index contributed by atoms with van der Waals surface area (Å²) in [5, 5.41) is 13.9. The number of hydrogen-bond donors (Lipinski definition) is 3. The SMILES string of the molecule is O=C(O)c1cn[nH]c1S(=O)(=O)Nc1cnccc1Cl. The monoisotopic (exact) mass is 302 g/mol. The maximum absolute atomic E-state index is 12.0. The molecule has 100 valence electrons. The van der Waals surface area contributed by atoms with Crippen LogP contribution in [0.15, 0.2) is 29.7 Å². The van der Waals surface area contributed by atoms with Crippen LogP contribution in [-0.2, 0) is 10.0 Å². The maximum Gasteiger partial charge on any atom is 0.340 e. The lowest BCUT2D eigenvalue weighted by atomic mass is 10.4. The Morgan fingerprint density at radius 2 is 2.16 bits per heavy atom. The Kier molecular flexibility index (Phi) is 3.40. The molecule has 0 amide bonds. The largest absolute Gasteiger partial charge is 0.478 e. The van der Waals surface area contributed by atoms with E-state index in [9.17, 15) is 13.2 Å². The van der Waals surface area contributed by atoms with Crippen LogP contribution in [0.4, 0.5) is 5.69 Å². The summed E-state index contributed by atoms with van der Waals surface area (Å²) in [6.07, 6.45) is 3.50. The highest BCUT2D eigenvalue weighted by Crippen LogP contribution is 2.23. The minimum absolute atomic E-state index is 0.0371. The fourth-order valence-corrected chi connectivity index (χ4v) is 2.64. The van der Waals surface area contributed by atoms with Crippen molar-refractivity contribution >= 4 is 33.3 Å². The molecule has 3 N–H and O–H groups in total. The molecule has 0 aromatic carbocycles. The normalized spacial score (nSPS) is 11.2. The van der Waals surface area contributed by atoms with E-state index in [0.717, 1.165) is 6.20 Å². The van der Waals surface area contributed by atoms with Gasteiger partial charge in [-0.1, -0.05) is 11.6 Å². The Labute approximate surface area is 112 Å². The van der Waals surface area contributed by atoms with Gasteiger partial charge in [-0.15, -0.1) is 0 Å². The van der Waals surface area contributed by atoms with Gasteiger partial charge in [-0.3, -0.25) is 14.8 Å². The summed E-state index contributed by atoms with van der Waals surface area (Å²) in [5.74, 6) is -1.41. The molecule has 2 aromatic heterocycles. The lowest BCUT2D eigenvalue weighted by molar-refractivity contribution is 0.0692. The number of carboxylic acids is 1. The standard InChI is InChI=1S/C9H7ClN4O4S/c10-6-1-2-11-4-7(6)14-19(17,18)8-5(9(15)16)3-12-13-8/h1-4,14H,(H,12,13)(H,15,16). The molecule has 0 saturated carbocycles. The molecular weight excluding hydrogens is 296 g/mol. The highest BCUT2D eigenvalue weighted by molar-refractivity contribution is 7.92. The van der Waals surface area contributed by atoms with Crippen molar-refractivity contribution in [3.8, 4) is 0 Å². The smallest absolute Gasteiger partial charge is 0.340 e. The van der Waals surface area contributed by atoms with E-state index in [2.05, 4.69) is 19.9 Å². The number of halogens is 1. The number of aromatic amines is 1. The van der Waals surface area contributed by atoms with E-state index >= 15 is 0 Å². The third-order valence-corrected chi connectivity index (χ3v) is 3.78. The Bertz CT molecular complexity index is 727.